The number of benzene rings is 2. The topological polar surface area (TPSA) is 66.9 Å². The highest BCUT2D eigenvalue weighted by molar-refractivity contribution is 6.00. The van der Waals surface area contributed by atoms with Crippen LogP contribution in [0.15, 0.2) is 54.9 Å². The van der Waals surface area contributed by atoms with Crippen LogP contribution in [0.3, 0.4) is 0 Å². The molecule has 0 fully saturated rings. The molecule has 0 atom stereocenters. The largest absolute Gasteiger partial charge is 0.323 e. The van der Waals surface area contributed by atoms with E-state index in [-0.39, 0.29) is 5.69 Å². The van der Waals surface area contributed by atoms with Gasteiger partial charge in [0.25, 0.3) is 0 Å². The summed E-state index contributed by atoms with van der Waals surface area (Å²) in [5.41, 5.74) is 2.08. The van der Waals surface area contributed by atoms with Gasteiger partial charge in [-0.05, 0) is 30.3 Å². The molecule has 0 saturated carbocycles. The van der Waals surface area contributed by atoms with Gasteiger partial charge in [0, 0.05) is 18.1 Å². The zero-order valence-electron chi connectivity index (χ0n) is 10.9. The molecular weight excluding hydrogens is 271 g/mol. The molecule has 6 heteroatoms. The summed E-state index contributed by atoms with van der Waals surface area (Å²) < 4.78 is 13.4. The van der Waals surface area contributed by atoms with Crippen molar-refractivity contribution in [2.75, 3.05) is 10.6 Å². The van der Waals surface area contributed by atoms with Crippen molar-refractivity contribution in [2.24, 2.45) is 0 Å². The van der Waals surface area contributed by atoms with Crippen LogP contribution in [0.5, 0.6) is 0 Å². The van der Waals surface area contributed by atoms with Gasteiger partial charge >= 0.3 is 6.03 Å². The fourth-order valence-corrected chi connectivity index (χ4v) is 1.89. The number of anilines is 2. The van der Waals surface area contributed by atoms with Gasteiger partial charge in [-0.15, -0.1) is 0 Å². The van der Waals surface area contributed by atoms with Gasteiger partial charge in [0.05, 0.1) is 16.7 Å². The summed E-state index contributed by atoms with van der Waals surface area (Å²) in [5, 5.41) is 5.07. The van der Waals surface area contributed by atoms with Crippen LogP contribution in [0.25, 0.3) is 11.0 Å². The highest BCUT2D eigenvalue weighted by Crippen LogP contribution is 2.16. The predicted octanol–water partition coefficient (Wildman–Crippen LogP) is 3.41. The number of nitrogens with zero attached hydrogens (tertiary/aromatic N) is 2. The van der Waals surface area contributed by atoms with Gasteiger partial charge in [-0.2, -0.15) is 0 Å². The predicted molar refractivity (Wildman–Crippen MR) is 78.6 cm³/mol. The number of hydrogen-bond acceptors (Lipinski definition) is 3. The number of halogens is 1. The summed E-state index contributed by atoms with van der Waals surface area (Å²) >= 11 is 0. The van der Waals surface area contributed by atoms with Crippen LogP contribution in [0.2, 0.25) is 0 Å². The molecule has 3 rings (SSSR count). The molecule has 0 radical (unpaired) electrons. The fraction of sp³-hybridized carbons (Fsp3) is 0. The van der Waals surface area contributed by atoms with Crippen molar-refractivity contribution in [3.05, 3.63) is 60.7 Å². The van der Waals surface area contributed by atoms with Gasteiger partial charge < -0.3 is 10.6 Å². The fourth-order valence-electron chi connectivity index (χ4n) is 1.89. The normalized spacial score (nSPS) is 10.3. The van der Waals surface area contributed by atoms with E-state index in [1.54, 1.807) is 42.7 Å². The highest BCUT2D eigenvalue weighted by Gasteiger charge is 2.07. The molecule has 1 heterocycles. The Balaban J connectivity index is 1.75. The van der Waals surface area contributed by atoms with Gasteiger partial charge in [0.2, 0.25) is 0 Å². The number of nitrogens with one attached hydrogen (secondary N) is 2. The number of carbonyl (C=O) groups excluding carboxylic acids is 1. The maximum Gasteiger partial charge on any atom is 0.323 e. The smallest absolute Gasteiger partial charge is 0.308 e. The molecule has 0 bridgehead atoms. The number of urea groups is 1. The number of hydrogen-bond donors (Lipinski definition) is 2. The van der Waals surface area contributed by atoms with Crippen molar-refractivity contribution >= 4 is 28.4 Å². The summed E-state index contributed by atoms with van der Waals surface area (Å²) in [6, 6.07) is 10.6. The maximum absolute atomic E-state index is 13.4. The number of amides is 2. The zero-order valence-corrected chi connectivity index (χ0v) is 10.9. The molecule has 0 unspecified atom stereocenters. The molecule has 0 aliphatic carbocycles. The molecule has 2 amide bonds. The van der Waals surface area contributed by atoms with Crippen molar-refractivity contribution in [3.8, 4) is 0 Å². The summed E-state index contributed by atoms with van der Waals surface area (Å²) in [7, 11) is 0. The van der Waals surface area contributed by atoms with E-state index >= 15 is 0 Å². The summed E-state index contributed by atoms with van der Waals surface area (Å²) in [5.74, 6) is -0.489. The van der Waals surface area contributed by atoms with E-state index in [0.717, 1.165) is 5.52 Å². The lowest BCUT2D eigenvalue weighted by atomic mass is 10.2. The Bertz CT molecular complexity index is 806. The average Bonchev–Trinajstić information content (AvgIpc) is 2.49. The monoisotopic (exact) mass is 282 g/mol. The van der Waals surface area contributed by atoms with Gasteiger partial charge in [0.1, 0.15) is 5.82 Å². The Morgan fingerprint density at radius 1 is 0.952 bits per heavy atom. The van der Waals surface area contributed by atoms with Crippen molar-refractivity contribution < 1.29 is 9.18 Å². The lowest BCUT2D eigenvalue weighted by molar-refractivity contribution is 0.262. The SMILES string of the molecule is O=C(Nc1ccc2nccnc2c1)Nc1ccccc1F. The molecule has 3 aromatic rings. The Labute approximate surface area is 119 Å². The average molecular weight is 282 g/mol. The molecule has 104 valence electrons. The Morgan fingerprint density at radius 3 is 2.52 bits per heavy atom. The van der Waals surface area contributed by atoms with E-state index in [9.17, 15) is 9.18 Å². The number of para-hydroxylation sites is 1. The summed E-state index contributed by atoms with van der Waals surface area (Å²) in [6.07, 6.45) is 3.17. The minimum Gasteiger partial charge on any atom is -0.308 e. The first kappa shape index (κ1) is 13.0. The lowest BCUT2D eigenvalue weighted by Crippen LogP contribution is -2.20. The van der Waals surface area contributed by atoms with Crippen LogP contribution < -0.4 is 10.6 Å². The second-order valence-corrected chi connectivity index (χ2v) is 4.32. The van der Waals surface area contributed by atoms with Crippen LogP contribution in [0.1, 0.15) is 0 Å². The van der Waals surface area contributed by atoms with E-state index in [0.29, 0.717) is 11.2 Å². The molecule has 21 heavy (non-hydrogen) atoms. The van der Waals surface area contributed by atoms with E-state index in [1.165, 1.54) is 12.1 Å². The van der Waals surface area contributed by atoms with Gasteiger partial charge in [-0.25, -0.2) is 9.18 Å². The second-order valence-electron chi connectivity index (χ2n) is 4.32. The molecule has 0 aliphatic rings. The van der Waals surface area contributed by atoms with Crippen LogP contribution >= 0.6 is 0 Å². The van der Waals surface area contributed by atoms with Crippen LogP contribution in [-0.4, -0.2) is 16.0 Å². The number of rotatable bonds is 2. The summed E-state index contributed by atoms with van der Waals surface area (Å²) in [6.45, 7) is 0. The second kappa shape index (κ2) is 5.54. The van der Waals surface area contributed by atoms with E-state index in [2.05, 4.69) is 20.6 Å². The lowest BCUT2D eigenvalue weighted by Gasteiger charge is -2.08. The minimum absolute atomic E-state index is 0.121. The van der Waals surface area contributed by atoms with Crippen molar-refractivity contribution in [1.82, 2.24) is 9.97 Å². The van der Waals surface area contributed by atoms with E-state index in [1.807, 2.05) is 0 Å². The first-order valence-corrected chi connectivity index (χ1v) is 6.26. The van der Waals surface area contributed by atoms with Crippen LogP contribution in [0.4, 0.5) is 20.6 Å². The first-order valence-electron chi connectivity index (χ1n) is 6.26. The van der Waals surface area contributed by atoms with Gasteiger partial charge in [0.15, 0.2) is 0 Å². The number of carbonyl (C=O) groups is 1. The molecule has 0 aliphatic heterocycles. The number of fused-ring (bicyclic) bond motifs is 1. The van der Waals surface area contributed by atoms with Crippen molar-refractivity contribution in [2.45, 2.75) is 0 Å². The first-order chi connectivity index (χ1) is 10.2. The third-order valence-corrected chi connectivity index (χ3v) is 2.85. The maximum atomic E-state index is 13.4. The quantitative estimate of drug-likeness (QED) is 0.757. The standard InChI is InChI=1S/C15H11FN4O/c16-11-3-1-2-4-12(11)20-15(21)19-10-5-6-13-14(9-10)18-8-7-17-13/h1-9H,(H2,19,20,21). The molecule has 1 aromatic heterocycles. The third-order valence-electron chi connectivity index (χ3n) is 2.85. The highest BCUT2D eigenvalue weighted by atomic mass is 19.1. The summed E-state index contributed by atoms with van der Waals surface area (Å²) in [4.78, 5) is 20.1. The third kappa shape index (κ3) is 2.94. The Kier molecular flexibility index (Phi) is 3.42. The molecule has 5 nitrogen and oxygen atoms in total. The van der Waals surface area contributed by atoms with E-state index < -0.39 is 11.8 Å². The Hall–Kier alpha value is -3.02. The molecular formula is C15H11FN4O. The number of aromatic nitrogens is 2. The minimum atomic E-state index is -0.525. The van der Waals surface area contributed by atoms with Crippen LogP contribution in [0, 0.1) is 5.82 Å². The molecule has 0 saturated heterocycles. The van der Waals surface area contributed by atoms with Crippen LogP contribution in [-0.2, 0) is 0 Å². The van der Waals surface area contributed by atoms with Gasteiger partial charge in [-0.1, -0.05) is 12.1 Å². The molecule has 0 spiro atoms. The van der Waals surface area contributed by atoms with Crippen molar-refractivity contribution in [3.63, 3.8) is 0 Å². The van der Waals surface area contributed by atoms with Gasteiger partial charge in [-0.3, -0.25) is 9.97 Å². The molecule has 2 aromatic carbocycles. The van der Waals surface area contributed by atoms with E-state index in [4.69, 9.17) is 0 Å². The molecule has 2 N–H and O–H groups in total. The zero-order chi connectivity index (χ0) is 14.7. The Morgan fingerprint density at radius 2 is 1.71 bits per heavy atom. The van der Waals surface area contributed by atoms with Crippen molar-refractivity contribution in [1.29, 1.82) is 0 Å².